The van der Waals surface area contributed by atoms with Crippen LogP contribution >= 0.6 is 0 Å². The molecule has 0 amide bonds. The summed E-state index contributed by atoms with van der Waals surface area (Å²) >= 11 is 0. The standard InChI is InChI=1S/C17H27N3O/c1-2-7-19-16(10-14-5-3-8-18-11-14)17-12-20-9-4-6-15(20)13-21-17/h3,5,8,11,15-17,19H,2,4,6-7,9-10,12-13H2,1H3. The van der Waals surface area contributed by atoms with Crippen molar-refractivity contribution in [2.45, 2.75) is 50.8 Å². The predicted molar refractivity (Wildman–Crippen MR) is 84.4 cm³/mol. The zero-order valence-corrected chi connectivity index (χ0v) is 13.0. The maximum atomic E-state index is 6.20. The molecule has 1 aromatic rings. The number of hydrogen-bond acceptors (Lipinski definition) is 4. The highest BCUT2D eigenvalue weighted by Crippen LogP contribution is 2.24. The van der Waals surface area contributed by atoms with Crippen LogP contribution in [0.2, 0.25) is 0 Å². The highest BCUT2D eigenvalue weighted by Gasteiger charge is 2.35. The zero-order valence-electron chi connectivity index (χ0n) is 13.0. The van der Waals surface area contributed by atoms with Gasteiger partial charge in [0.2, 0.25) is 0 Å². The molecule has 0 aromatic carbocycles. The van der Waals surface area contributed by atoms with Crippen molar-refractivity contribution in [2.75, 3.05) is 26.2 Å². The summed E-state index contributed by atoms with van der Waals surface area (Å²) in [6, 6.07) is 5.24. The number of nitrogens with zero attached hydrogens (tertiary/aromatic N) is 2. The molecule has 2 aliphatic rings. The molecule has 2 aliphatic heterocycles. The van der Waals surface area contributed by atoms with Crippen molar-refractivity contribution in [3.8, 4) is 0 Å². The van der Waals surface area contributed by atoms with Crippen LogP contribution in [0, 0.1) is 0 Å². The zero-order chi connectivity index (χ0) is 14.5. The van der Waals surface area contributed by atoms with Crippen LogP contribution in [0.25, 0.3) is 0 Å². The summed E-state index contributed by atoms with van der Waals surface area (Å²) in [4.78, 5) is 6.86. The van der Waals surface area contributed by atoms with E-state index in [-0.39, 0.29) is 0 Å². The second kappa shape index (κ2) is 7.34. The second-order valence-electron chi connectivity index (χ2n) is 6.29. The Morgan fingerprint density at radius 3 is 3.29 bits per heavy atom. The fraction of sp³-hybridized carbons (Fsp3) is 0.706. The average Bonchev–Trinajstić information content (AvgIpc) is 3.00. The lowest BCUT2D eigenvalue weighted by Crippen LogP contribution is -2.55. The van der Waals surface area contributed by atoms with Crippen LogP contribution in [0.1, 0.15) is 31.7 Å². The Bertz CT molecular complexity index is 425. The number of aromatic nitrogens is 1. The molecule has 2 fully saturated rings. The summed E-state index contributed by atoms with van der Waals surface area (Å²) in [5.41, 5.74) is 1.29. The molecule has 0 aliphatic carbocycles. The van der Waals surface area contributed by atoms with Crippen molar-refractivity contribution in [1.29, 1.82) is 0 Å². The molecule has 4 heteroatoms. The molecule has 0 bridgehead atoms. The van der Waals surface area contributed by atoms with Gasteiger partial charge in [-0.25, -0.2) is 0 Å². The van der Waals surface area contributed by atoms with E-state index in [9.17, 15) is 0 Å². The van der Waals surface area contributed by atoms with Crippen molar-refractivity contribution in [3.63, 3.8) is 0 Å². The van der Waals surface area contributed by atoms with E-state index in [1.165, 1.54) is 24.9 Å². The van der Waals surface area contributed by atoms with Crippen LogP contribution in [-0.2, 0) is 11.2 Å². The Morgan fingerprint density at radius 2 is 2.48 bits per heavy atom. The van der Waals surface area contributed by atoms with Gasteiger partial charge in [-0.05, 0) is 50.4 Å². The van der Waals surface area contributed by atoms with E-state index in [4.69, 9.17) is 4.74 Å². The van der Waals surface area contributed by atoms with Gasteiger partial charge < -0.3 is 10.1 Å². The van der Waals surface area contributed by atoms with Crippen molar-refractivity contribution < 1.29 is 4.74 Å². The van der Waals surface area contributed by atoms with Crippen LogP contribution < -0.4 is 5.32 Å². The Labute approximate surface area is 127 Å². The maximum absolute atomic E-state index is 6.20. The monoisotopic (exact) mass is 289 g/mol. The van der Waals surface area contributed by atoms with Crippen molar-refractivity contribution >= 4 is 0 Å². The second-order valence-corrected chi connectivity index (χ2v) is 6.29. The third-order valence-electron chi connectivity index (χ3n) is 4.70. The van der Waals surface area contributed by atoms with E-state index in [1.54, 1.807) is 0 Å². The molecular formula is C17H27N3O. The number of ether oxygens (including phenoxy) is 1. The van der Waals surface area contributed by atoms with Gasteiger partial charge in [0, 0.05) is 31.0 Å². The first-order valence-corrected chi connectivity index (χ1v) is 8.34. The van der Waals surface area contributed by atoms with E-state index >= 15 is 0 Å². The molecule has 3 rings (SSSR count). The number of morpholine rings is 1. The smallest absolute Gasteiger partial charge is 0.0858 e. The van der Waals surface area contributed by atoms with E-state index in [0.717, 1.165) is 32.5 Å². The molecule has 116 valence electrons. The number of fused-ring (bicyclic) bond motifs is 1. The summed E-state index contributed by atoms with van der Waals surface area (Å²) in [5.74, 6) is 0. The number of pyridine rings is 1. The van der Waals surface area contributed by atoms with Gasteiger partial charge in [-0.15, -0.1) is 0 Å². The van der Waals surface area contributed by atoms with Crippen molar-refractivity contribution in [3.05, 3.63) is 30.1 Å². The van der Waals surface area contributed by atoms with E-state index in [0.29, 0.717) is 18.2 Å². The largest absolute Gasteiger partial charge is 0.374 e. The Kier molecular flexibility index (Phi) is 5.22. The molecule has 0 spiro atoms. The molecule has 3 heterocycles. The van der Waals surface area contributed by atoms with Gasteiger partial charge in [-0.1, -0.05) is 13.0 Å². The van der Waals surface area contributed by atoms with Gasteiger partial charge >= 0.3 is 0 Å². The van der Waals surface area contributed by atoms with Crippen molar-refractivity contribution in [1.82, 2.24) is 15.2 Å². The van der Waals surface area contributed by atoms with Crippen LogP contribution in [0.3, 0.4) is 0 Å². The Morgan fingerprint density at radius 1 is 1.52 bits per heavy atom. The molecule has 21 heavy (non-hydrogen) atoms. The predicted octanol–water partition coefficient (Wildman–Crippen LogP) is 1.86. The third-order valence-corrected chi connectivity index (χ3v) is 4.70. The summed E-state index contributed by atoms with van der Waals surface area (Å²) in [6.07, 6.45) is 8.90. The average molecular weight is 289 g/mol. The molecule has 1 aromatic heterocycles. The van der Waals surface area contributed by atoms with E-state index < -0.39 is 0 Å². The minimum Gasteiger partial charge on any atom is -0.374 e. The van der Waals surface area contributed by atoms with Gasteiger partial charge in [-0.3, -0.25) is 9.88 Å². The lowest BCUT2D eigenvalue weighted by molar-refractivity contribution is -0.0643. The van der Waals surface area contributed by atoms with Gasteiger partial charge in [0.05, 0.1) is 12.7 Å². The highest BCUT2D eigenvalue weighted by molar-refractivity contribution is 5.11. The van der Waals surface area contributed by atoms with Crippen LogP contribution in [0.15, 0.2) is 24.5 Å². The first kappa shape index (κ1) is 14.9. The molecule has 4 nitrogen and oxygen atoms in total. The number of hydrogen-bond donors (Lipinski definition) is 1. The summed E-state index contributed by atoms with van der Waals surface area (Å²) in [5, 5.41) is 3.69. The maximum Gasteiger partial charge on any atom is 0.0858 e. The fourth-order valence-corrected chi connectivity index (χ4v) is 3.52. The number of rotatable bonds is 6. The van der Waals surface area contributed by atoms with E-state index in [1.807, 2.05) is 18.5 Å². The Balaban J connectivity index is 1.63. The normalized spacial score (nSPS) is 27.5. The van der Waals surface area contributed by atoms with Gasteiger partial charge in [0.15, 0.2) is 0 Å². The summed E-state index contributed by atoms with van der Waals surface area (Å²) in [7, 11) is 0. The molecular weight excluding hydrogens is 262 g/mol. The molecule has 2 saturated heterocycles. The first-order valence-electron chi connectivity index (χ1n) is 8.34. The minimum absolute atomic E-state index is 0.297. The SMILES string of the molecule is CCCNC(Cc1cccnc1)C1CN2CCCC2CO1. The fourth-order valence-electron chi connectivity index (χ4n) is 3.52. The molecule has 3 unspecified atom stereocenters. The minimum atomic E-state index is 0.297. The van der Waals surface area contributed by atoms with Gasteiger partial charge in [0.25, 0.3) is 0 Å². The highest BCUT2D eigenvalue weighted by atomic mass is 16.5. The summed E-state index contributed by atoms with van der Waals surface area (Å²) in [6.45, 7) is 6.49. The lowest BCUT2D eigenvalue weighted by atomic mass is 10.00. The van der Waals surface area contributed by atoms with E-state index in [2.05, 4.69) is 28.2 Å². The third kappa shape index (κ3) is 3.82. The van der Waals surface area contributed by atoms with Crippen molar-refractivity contribution in [2.24, 2.45) is 0 Å². The quantitative estimate of drug-likeness (QED) is 0.867. The van der Waals surface area contributed by atoms with Crippen LogP contribution in [0.4, 0.5) is 0 Å². The molecule has 0 radical (unpaired) electrons. The topological polar surface area (TPSA) is 37.4 Å². The number of nitrogens with one attached hydrogen (secondary N) is 1. The first-order chi connectivity index (χ1) is 10.4. The van der Waals surface area contributed by atoms with Gasteiger partial charge in [0.1, 0.15) is 0 Å². The molecule has 0 saturated carbocycles. The van der Waals surface area contributed by atoms with Crippen LogP contribution in [0.5, 0.6) is 0 Å². The lowest BCUT2D eigenvalue weighted by Gasteiger charge is -2.39. The molecule has 3 atom stereocenters. The Hall–Kier alpha value is -0.970. The van der Waals surface area contributed by atoms with Crippen LogP contribution in [-0.4, -0.2) is 54.3 Å². The van der Waals surface area contributed by atoms with Gasteiger partial charge in [-0.2, -0.15) is 0 Å². The summed E-state index contributed by atoms with van der Waals surface area (Å²) < 4.78 is 6.20. The molecule has 1 N–H and O–H groups in total.